The fourth-order valence-corrected chi connectivity index (χ4v) is 3.74. The SMILES string of the molecule is CN=C(NCCCc1c(C)noc1C)NCC1(c2cccc(Br)c2)CC1. The van der Waals surface area contributed by atoms with Crippen LogP contribution in [0.2, 0.25) is 0 Å². The van der Waals surface area contributed by atoms with Gasteiger partial charge in [-0.3, -0.25) is 4.99 Å². The third-order valence-corrected chi connectivity index (χ3v) is 5.68. The molecule has 0 unspecified atom stereocenters. The number of aliphatic imine (C=N–C) groups is 1. The van der Waals surface area contributed by atoms with E-state index in [0.29, 0.717) is 0 Å². The van der Waals surface area contributed by atoms with E-state index in [2.05, 4.69) is 61.0 Å². The largest absolute Gasteiger partial charge is 0.361 e. The Bertz CT molecular complexity index is 760. The first kappa shape index (κ1) is 19.0. The molecular formula is C20H27BrN4O. The monoisotopic (exact) mass is 418 g/mol. The highest BCUT2D eigenvalue weighted by atomic mass is 79.9. The van der Waals surface area contributed by atoms with E-state index in [4.69, 9.17) is 4.52 Å². The van der Waals surface area contributed by atoms with Crippen molar-refractivity contribution in [2.24, 2.45) is 4.99 Å². The van der Waals surface area contributed by atoms with Crippen molar-refractivity contribution in [1.29, 1.82) is 0 Å². The molecule has 0 bridgehead atoms. The van der Waals surface area contributed by atoms with Gasteiger partial charge in [-0.05, 0) is 57.2 Å². The van der Waals surface area contributed by atoms with Crippen molar-refractivity contribution < 1.29 is 4.52 Å². The minimum atomic E-state index is 0.248. The molecule has 0 atom stereocenters. The molecule has 3 rings (SSSR count). The molecule has 1 aliphatic rings. The van der Waals surface area contributed by atoms with Gasteiger partial charge in [0, 0.05) is 35.6 Å². The topological polar surface area (TPSA) is 62.5 Å². The molecular weight excluding hydrogens is 392 g/mol. The summed E-state index contributed by atoms with van der Waals surface area (Å²) in [5.41, 5.74) is 3.86. The van der Waals surface area contributed by atoms with Crippen molar-refractivity contribution in [3.8, 4) is 0 Å². The summed E-state index contributed by atoms with van der Waals surface area (Å²) in [7, 11) is 1.82. The second-order valence-electron chi connectivity index (χ2n) is 7.05. The number of halogens is 1. The molecule has 0 amide bonds. The van der Waals surface area contributed by atoms with Gasteiger partial charge in [-0.2, -0.15) is 0 Å². The second kappa shape index (κ2) is 8.25. The van der Waals surface area contributed by atoms with Crippen LogP contribution in [-0.2, 0) is 11.8 Å². The van der Waals surface area contributed by atoms with E-state index in [1.165, 1.54) is 24.0 Å². The molecule has 2 N–H and O–H groups in total. The smallest absolute Gasteiger partial charge is 0.191 e. The molecule has 1 fully saturated rings. The number of guanidine groups is 1. The molecule has 2 aromatic rings. The van der Waals surface area contributed by atoms with Gasteiger partial charge < -0.3 is 15.2 Å². The van der Waals surface area contributed by atoms with E-state index < -0.39 is 0 Å². The lowest BCUT2D eigenvalue weighted by atomic mass is 9.96. The van der Waals surface area contributed by atoms with Crippen LogP contribution in [0.5, 0.6) is 0 Å². The fraction of sp³-hybridized carbons (Fsp3) is 0.500. The zero-order chi connectivity index (χ0) is 18.6. The summed E-state index contributed by atoms with van der Waals surface area (Å²) >= 11 is 3.58. The van der Waals surface area contributed by atoms with Gasteiger partial charge in [0.15, 0.2) is 5.96 Å². The van der Waals surface area contributed by atoms with Crippen LogP contribution in [0.1, 0.15) is 41.8 Å². The molecule has 0 saturated heterocycles. The highest BCUT2D eigenvalue weighted by molar-refractivity contribution is 9.10. The summed E-state index contributed by atoms with van der Waals surface area (Å²) in [6.07, 6.45) is 4.42. The first-order valence-electron chi connectivity index (χ1n) is 9.16. The normalized spacial score (nSPS) is 15.8. The molecule has 1 aromatic carbocycles. The Balaban J connectivity index is 1.45. The molecule has 1 aliphatic carbocycles. The van der Waals surface area contributed by atoms with Crippen LogP contribution in [0.4, 0.5) is 0 Å². The van der Waals surface area contributed by atoms with Crippen LogP contribution in [-0.4, -0.2) is 31.3 Å². The van der Waals surface area contributed by atoms with Crippen molar-refractivity contribution >= 4 is 21.9 Å². The van der Waals surface area contributed by atoms with E-state index in [0.717, 1.165) is 47.8 Å². The van der Waals surface area contributed by atoms with Crippen molar-refractivity contribution in [2.75, 3.05) is 20.1 Å². The number of hydrogen-bond donors (Lipinski definition) is 2. The lowest BCUT2D eigenvalue weighted by Crippen LogP contribution is -2.41. The summed E-state index contributed by atoms with van der Waals surface area (Å²) in [4.78, 5) is 4.35. The standard InChI is InChI=1S/C20H27BrN4O/c1-14-18(15(2)26-25-14)8-5-11-23-19(22-3)24-13-20(9-10-20)16-6-4-7-17(21)12-16/h4,6-7,12H,5,8-11,13H2,1-3H3,(H2,22,23,24). The summed E-state index contributed by atoms with van der Waals surface area (Å²) in [5.74, 6) is 1.79. The zero-order valence-corrected chi connectivity index (χ0v) is 17.3. The summed E-state index contributed by atoms with van der Waals surface area (Å²) < 4.78 is 6.36. The lowest BCUT2D eigenvalue weighted by molar-refractivity contribution is 0.392. The average Bonchev–Trinajstić information content (AvgIpc) is 3.36. The molecule has 0 radical (unpaired) electrons. The number of aromatic nitrogens is 1. The molecule has 1 aromatic heterocycles. The minimum Gasteiger partial charge on any atom is -0.361 e. The predicted octanol–water partition coefficient (Wildman–Crippen LogP) is 3.88. The zero-order valence-electron chi connectivity index (χ0n) is 15.7. The maximum absolute atomic E-state index is 5.22. The van der Waals surface area contributed by atoms with Gasteiger partial charge in [-0.1, -0.05) is 33.2 Å². The third kappa shape index (κ3) is 4.47. The Hall–Kier alpha value is -1.82. The fourth-order valence-electron chi connectivity index (χ4n) is 3.34. The van der Waals surface area contributed by atoms with E-state index in [-0.39, 0.29) is 5.41 Å². The lowest BCUT2D eigenvalue weighted by Gasteiger charge is -2.19. The Morgan fingerprint density at radius 2 is 2.12 bits per heavy atom. The Morgan fingerprint density at radius 3 is 2.73 bits per heavy atom. The molecule has 0 spiro atoms. The Morgan fingerprint density at radius 1 is 1.31 bits per heavy atom. The van der Waals surface area contributed by atoms with Crippen LogP contribution in [0, 0.1) is 13.8 Å². The number of nitrogens with zero attached hydrogens (tertiary/aromatic N) is 2. The van der Waals surface area contributed by atoms with Crippen molar-refractivity contribution in [2.45, 2.75) is 44.9 Å². The van der Waals surface area contributed by atoms with Crippen molar-refractivity contribution in [1.82, 2.24) is 15.8 Å². The molecule has 5 nitrogen and oxygen atoms in total. The van der Waals surface area contributed by atoms with E-state index in [1.807, 2.05) is 20.9 Å². The molecule has 26 heavy (non-hydrogen) atoms. The number of rotatable bonds is 7. The molecule has 1 heterocycles. The second-order valence-corrected chi connectivity index (χ2v) is 7.97. The van der Waals surface area contributed by atoms with Gasteiger partial charge in [-0.15, -0.1) is 0 Å². The molecule has 0 aliphatic heterocycles. The summed E-state index contributed by atoms with van der Waals surface area (Å²) in [5, 5.41) is 10.9. The van der Waals surface area contributed by atoms with Gasteiger partial charge in [0.25, 0.3) is 0 Å². The molecule has 1 saturated carbocycles. The Labute approximate surface area is 163 Å². The number of aryl methyl sites for hydroxylation is 2. The van der Waals surface area contributed by atoms with Crippen LogP contribution in [0.15, 0.2) is 38.3 Å². The van der Waals surface area contributed by atoms with Gasteiger partial charge >= 0.3 is 0 Å². The third-order valence-electron chi connectivity index (χ3n) is 5.19. The quantitative estimate of drug-likeness (QED) is 0.406. The van der Waals surface area contributed by atoms with Crippen LogP contribution in [0.3, 0.4) is 0 Å². The Kier molecular flexibility index (Phi) is 6.01. The average molecular weight is 419 g/mol. The summed E-state index contributed by atoms with van der Waals surface area (Å²) in [6, 6.07) is 8.64. The minimum absolute atomic E-state index is 0.248. The maximum atomic E-state index is 5.22. The van der Waals surface area contributed by atoms with E-state index in [1.54, 1.807) is 0 Å². The van der Waals surface area contributed by atoms with Gasteiger partial charge in [0.2, 0.25) is 0 Å². The highest BCUT2D eigenvalue weighted by Gasteiger charge is 2.44. The molecule has 6 heteroatoms. The number of benzene rings is 1. The van der Waals surface area contributed by atoms with E-state index >= 15 is 0 Å². The summed E-state index contributed by atoms with van der Waals surface area (Å²) in [6.45, 7) is 5.75. The van der Waals surface area contributed by atoms with Crippen molar-refractivity contribution in [3.05, 3.63) is 51.3 Å². The van der Waals surface area contributed by atoms with Gasteiger partial charge in [0.1, 0.15) is 5.76 Å². The first-order chi connectivity index (χ1) is 12.5. The highest BCUT2D eigenvalue weighted by Crippen LogP contribution is 2.48. The number of hydrogen-bond acceptors (Lipinski definition) is 3. The van der Waals surface area contributed by atoms with Crippen molar-refractivity contribution in [3.63, 3.8) is 0 Å². The first-order valence-corrected chi connectivity index (χ1v) is 9.96. The maximum Gasteiger partial charge on any atom is 0.191 e. The van der Waals surface area contributed by atoms with E-state index in [9.17, 15) is 0 Å². The predicted molar refractivity (Wildman–Crippen MR) is 109 cm³/mol. The molecule has 140 valence electrons. The van der Waals surface area contributed by atoms with Gasteiger partial charge in [-0.25, -0.2) is 0 Å². The number of nitrogens with one attached hydrogen (secondary N) is 2. The van der Waals surface area contributed by atoms with Crippen LogP contribution >= 0.6 is 15.9 Å². The van der Waals surface area contributed by atoms with Gasteiger partial charge in [0.05, 0.1) is 5.69 Å². The van der Waals surface area contributed by atoms with Crippen LogP contribution in [0.25, 0.3) is 0 Å². The van der Waals surface area contributed by atoms with Crippen LogP contribution < -0.4 is 10.6 Å².